The molecule has 1 aliphatic heterocycles. The molecule has 1 aliphatic rings. The molecule has 0 saturated carbocycles. The van der Waals surface area contributed by atoms with Gasteiger partial charge in [-0.15, -0.1) is 11.3 Å². The lowest BCUT2D eigenvalue weighted by Gasteiger charge is -2.22. The standard InChI is InChI=1S/C20H21N3O3S2/c1-23(16-9-10-28(25,26)13-16)12-19(24)21-15-6-4-5-14(11-15)20-22-17-7-2-3-8-18(17)27-20/h2-8,11,16H,9-10,12-13H2,1H3,(H,21,24). The molecule has 8 heteroatoms. The Kier molecular flexibility index (Phi) is 5.18. The molecule has 1 atom stereocenters. The molecule has 146 valence electrons. The normalized spacial score (nSPS) is 18.6. The molecule has 2 aromatic carbocycles. The molecule has 2 heterocycles. The minimum Gasteiger partial charge on any atom is -0.325 e. The van der Waals surface area contributed by atoms with Crippen molar-refractivity contribution in [1.82, 2.24) is 9.88 Å². The molecular formula is C20H21N3O3S2. The molecule has 1 N–H and O–H groups in total. The first kappa shape index (κ1) is 19.0. The number of carbonyl (C=O) groups is 1. The minimum atomic E-state index is -2.96. The molecule has 0 bridgehead atoms. The highest BCUT2D eigenvalue weighted by atomic mass is 32.2. The lowest BCUT2D eigenvalue weighted by atomic mass is 10.2. The third kappa shape index (κ3) is 4.24. The molecule has 1 fully saturated rings. The van der Waals surface area contributed by atoms with E-state index in [1.807, 2.05) is 53.4 Å². The zero-order valence-corrected chi connectivity index (χ0v) is 17.1. The van der Waals surface area contributed by atoms with Crippen LogP contribution in [0.25, 0.3) is 20.8 Å². The predicted octanol–water partition coefficient (Wildman–Crippen LogP) is 3.02. The molecule has 1 unspecified atom stereocenters. The Morgan fingerprint density at radius 1 is 1.25 bits per heavy atom. The number of rotatable bonds is 5. The number of nitrogens with one attached hydrogen (secondary N) is 1. The van der Waals surface area contributed by atoms with Crippen molar-refractivity contribution in [3.63, 3.8) is 0 Å². The number of hydrogen-bond donors (Lipinski definition) is 1. The maximum Gasteiger partial charge on any atom is 0.238 e. The summed E-state index contributed by atoms with van der Waals surface area (Å²) in [5.41, 5.74) is 2.62. The second-order valence-corrected chi connectivity index (χ2v) is 10.3. The van der Waals surface area contributed by atoms with E-state index in [1.54, 1.807) is 18.4 Å². The van der Waals surface area contributed by atoms with Crippen molar-refractivity contribution < 1.29 is 13.2 Å². The Labute approximate surface area is 168 Å². The number of likely N-dealkylation sites (N-methyl/N-ethyl adjacent to an activating group) is 1. The lowest BCUT2D eigenvalue weighted by Crippen LogP contribution is -2.38. The van der Waals surface area contributed by atoms with Gasteiger partial charge in [0.25, 0.3) is 0 Å². The lowest BCUT2D eigenvalue weighted by molar-refractivity contribution is -0.117. The second-order valence-electron chi connectivity index (χ2n) is 7.09. The van der Waals surface area contributed by atoms with Gasteiger partial charge in [0.1, 0.15) is 5.01 Å². The molecule has 3 aromatic rings. The van der Waals surface area contributed by atoms with Gasteiger partial charge in [-0.25, -0.2) is 13.4 Å². The number of aromatic nitrogens is 1. The zero-order chi connectivity index (χ0) is 19.7. The van der Waals surface area contributed by atoms with Crippen LogP contribution in [0.2, 0.25) is 0 Å². The van der Waals surface area contributed by atoms with E-state index in [-0.39, 0.29) is 30.0 Å². The second kappa shape index (κ2) is 7.62. The van der Waals surface area contributed by atoms with E-state index in [1.165, 1.54) is 0 Å². The molecule has 6 nitrogen and oxygen atoms in total. The molecule has 28 heavy (non-hydrogen) atoms. The van der Waals surface area contributed by atoms with Crippen molar-refractivity contribution in [3.8, 4) is 10.6 Å². The number of thiazole rings is 1. The van der Waals surface area contributed by atoms with E-state index in [0.29, 0.717) is 12.1 Å². The molecule has 0 aliphatic carbocycles. The van der Waals surface area contributed by atoms with Gasteiger partial charge in [-0.2, -0.15) is 0 Å². The largest absolute Gasteiger partial charge is 0.325 e. The first-order valence-corrected chi connectivity index (χ1v) is 11.7. The molecule has 0 radical (unpaired) electrons. The fourth-order valence-corrected chi connectivity index (χ4v) is 6.17. The van der Waals surface area contributed by atoms with E-state index < -0.39 is 9.84 Å². The van der Waals surface area contributed by atoms with Crippen LogP contribution in [0.15, 0.2) is 48.5 Å². The Bertz CT molecular complexity index is 1090. The number of para-hydroxylation sites is 1. The van der Waals surface area contributed by atoms with Crippen LogP contribution in [0.5, 0.6) is 0 Å². The third-order valence-corrected chi connectivity index (χ3v) is 7.75. The van der Waals surface area contributed by atoms with Gasteiger partial charge in [-0.05, 0) is 37.7 Å². The highest BCUT2D eigenvalue weighted by Gasteiger charge is 2.31. The van der Waals surface area contributed by atoms with Crippen LogP contribution in [0.1, 0.15) is 6.42 Å². The van der Waals surface area contributed by atoms with Gasteiger partial charge in [0.15, 0.2) is 9.84 Å². The van der Waals surface area contributed by atoms with E-state index in [4.69, 9.17) is 0 Å². The van der Waals surface area contributed by atoms with Crippen molar-refractivity contribution in [2.45, 2.75) is 12.5 Å². The van der Waals surface area contributed by atoms with E-state index in [0.717, 1.165) is 20.8 Å². The van der Waals surface area contributed by atoms with Gasteiger partial charge in [-0.3, -0.25) is 9.69 Å². The number of fused-ring (bicyclic) bond motifs is 1. The molecule has 4 rings (SSSR count). The summed E-state index contributed by atoms with van der Waals surface area (Å²) in [6, 6.07) is 15.5. The number of amides is 1. The zero-order valence-electron chi connectivity index (χ0n) is 15.5. The Balaban J connectivity index is 1.43. The van der Waals surface area contributed by atoms with Crippen LogP contribution < -0.4 is 5.32 Å². The van der Waals surface area contributed by atoms with Gasteiger partial charge in [0.2, 0.25) is 5.91 Å². The first-order chi connectivity index (χ1) is 13.4. The third-order valence-electron chi connectivity index (χ3n) is 4.91. The molecule has 1 saturated heterocycles. The number of anilines is 1. The summed E-state index contributed by atoms with van der Waals surface area (Å²) in [6.45, 7) is 0.158. The Morgan fingerprint density at radius 3 is 2.82 bits per heavy atom. The summed E-state index contributed by atoms with van der Waals surface area (Å²) in [7, 11) is -1.17. The first-order valence-electron chi connectivity index (χ1n) is 9.06. The summed E-state index contributed by atoms with van der Waals surface area (Å²) >= 11 is 1.62. The van der Waals surface area contributed by atoms with Crippen molar-refractivity contribution in [2.24, 2.45) is 0 Å². The molecule has 1 aromatic heterocycles. The quantitative estimate of drug-likeness (QED) is 0.693. The molecule has 1 amide bonds. The number of nitrogens with zero attached hydrogens (tertiary/aromatic N) is 2. The monoisotopic (exact) mass is 415 g/mol. The van der Waals surface area contributed by atoms with Crippen LogP contribution in [0, 0.1) is 0 Å². The summed E-state index contributed by atoms with van der Waals surface area (Å²) in [6.07, 6.45) is 0.583. The predicted molar refractivity (Wildman–Crippen MR) is 113 cm³/mol. The highest BCUT2D eigenvalue weighted by Crippen LogP contribution is 2.31. The average molecular weight is 416 g/mol. The summed E-state index contributed by atoms with van der Waals surface area (Å²) in [5, 5.41) is 3.82. The van der Waals surface area contributed by atoms with Crippen molar-refractivity contribution in [3.05, 3.63) is 48.5 Å². The van der Waals surface area contributed by atoms with Crippen LogP contribution in [-0.4, -0.2) is 55.3 Å². The van der Waals surface area contributed by atoms with Crippen LogP contribution in [-0.2, 0) is 14.6 Å². The van der Waals surface area contributed by atoms with Gasteiger partial charge in [-0.1, -0.05) is 24.3 Å². The fourth-order valence-electron chi connectivity index (χ4n) is 3.40. The Morgan fingerprint density at radius 2 is 2.07 bits per heavy atom. The topological polar surface area (TPSA) is 79.4 Å². The smallest absolute Gasteiger partial charge is 0.238 e. The highest BCUT2D eigenvalue weighted by molar-refractivity contribution is 7.91. The number of benzene rings is 2. The van der Waals surface area contributed by atoms with Gasteiger partial charge in [0, 0.05) is 17.3 Å². The fraction of sp³-hybridized carbons (Fsp3) is 0.300. The average Bonchev–Trinajstić information content (AvgIpc) is 3.25. The van der Waals surface area contributed by atoms with Gasteiger partial charge < -0.3 is 5.32 Å². The van der Waals surface area contributed by atoms with Crippen molar-refractivity contribution in [1.29, 1.82) is 0 Å². The van der Waals surface area contributed by atoms with Crippen molar-refractivity contribution >= 4 is 43.0 Å². The van der Waals surface area contributed by atoms with Crippen molar-refractivity contribution in [2.75, 3.05) is 30.4 Å². The molecular weight excluding hydrogens is 394 g/mol. The summed E-state index contributed by atoms with van der Waals surface area (Å²) < 4.78 is 24.4. The van der Waals surface area contributed by atoms with E-state index in [2.05, 4.69) is 10.3 Å². The van der Waals surface area contributed by atoms with Crippen LogP contribution in [0.3, 0.4) is 0 Å². The maximum atomic E-state index is 12.4. The minimum absolute atomic E-state index is 0.0927. The summed E-state index contributed by atoms with van der Waals surface area (Å²) in [5.74, 6) is 0.172. The number of carbonyl (C=O) groups excluding carboxylic acids is 1. The van der Waals surface area contributed by atoms with Gasteiger partial charge >= 0.3 is 0 Å². The van der Waals surface area contributed by atoms with E-state index >= 15 is 0 Å². The van der Waals surface area contributed by atoms with Gasteiger partial charge in [0.05, 0.1) is 28.3 Å². The SMILES string of the molecule is CN(CC(=O)Nc1cccc(-c2nc3ccccc3s2)c1)C1CCS(=O)(=O)C1. The number of sulfone groups is 1. The maximum absolute atomic E-state index is 12.4. The number of hydrogen-bond acceptors (Lipinski definition) is 6. The van der Waals surface area contributed by atoms with Crippen LogP contribution >= 0.6 is 11.3 Å². The molecule has 0 spiro atoms. The summed E-state index contributed by atoms with van der Waals surface area (Å²) in [4.78, 5) is 18.9. The van der Waals surface area contributed by atoms with Crippen LogP contribution in [0.4, 0.5) is 5.69 Å². The Hall–Kier alpha value is -2.29. The van der Waals surface area contributed by atoms with E-state index in [9.17, 15) is 13.2 Å².